The van der Waals surface area contributed by atoms with Gasteiger partial charge in [0.2, 0.25) is 0 Å². The Bertz CT molecular complexity index is 8480. The first-order valence-electron chi connectivity index (χ1n) is 53.6. The van der Waals surface area contributed by atoms with Crippen LogP contribution in [0.5, 0.6) is 0 Å². The van der Waals surface area contributed by atoms with E-state index in [9.17, 15) is 0 Å². The lowest BCUT2D eigenvalue weighted by Gasteiger charge is -2.28. The van der Waals surface area contributed by atoms with Gasteiger partial charge in [0.1, 0.15) is 0 Å². The highest BCUT2D eigenvalue weighted by molar-refractivity contribution is 6.38. The first-order valence-corrected chi connectivity index (χ1v) is 53.6. The number of rotatable bonds is 12. The predicted molar refractivity (Wildman–Crippen MR) is 654 cm³/mol. The summed E-state index contributed by atoms with van der Waals surface area (Å²) in [6, 6.07) is 176. The van der Waals surface area contributed by atoms with Crippen molar-refractivity contribution in [3.05, 3.63) is 507 Å². The van der Waals surface area contributed by atoms with Gasteiger partial charge in [-0.1, -0.05) is 586 Å². The first kappa shape index (κ1) is 98.3. The molecule has 0 radical (unpaired) electrons. The maximum atomic E-state index is 2.51. The van der Waals surface area contributed by atoms with E-state index >= 15 is 0 Å². The molecule has 0 aliphatic carbocycles. The smallest absolute Gasteiger partial charge is 0.000139 e. The molecule has 0 heterocycles. The molecular formula is C150H132. The molecule has 0 aromatic heterocycles. The van der Waals surface area contributed by atoms with Crippen molar-refractivity contribution in [2.75, 3.05) is 0 Å². The van der Waals surface area contributed by atoms with Crippen LogP contribution in [-0.2, 0) is 32.5 Å². The van der Waals surface area contributed by atoms with Crippen molar-refractivity contribution in [2.45, 2.75) is 157 Å². The summed E-state index contributed by atoms with van der Waals surface area (Å²) >= 11 is 0. The van der Waals surface area contributed by atoms with E-state index in [0.717, 1.165) is 0 Å². The SMILES string of the molecule is CC(C)(C)c1ccc(-c2c3ccc(C(C)(C)C)cc3c(-c3ccccc3)c3c(-c4ccc(C(C)(C)C)cc4)c4ccc(C(C)(C)C)cc4c(-c4ccccc4)c23)cc1.CC(C)(C)c1ccc(-c2c3ccccc3c(-c3ccccc3)c3c(-c4ccc(C(C)(C)C)cc4)c4ccccc4c(-c4ccccc4)c23)cc1.c1ccc(-c2c3ccccc3c(-c3ccccc3)c3c(-c4ccccc4)c4ccccc4c(-c4ccccc4)c23)cc1. The molecule has 0 saturated carbocycles. The van der Waals surface area contributed by atoms with Gasteiger partial charge >= 0.3 is 0 Å². The number of hydrogen-bond acceptors (Lipinski definition) is 0. The van der Waals surface area contributed by atoms with Gasteiger partial charge in [-0.2, -0.15) is 0 Å². The molecule has 0 saturated heterocycles. The van der Waals surface area contributed by atoms with Gasteiger partial charge < -0.3 is 0 Å². The van der Waals surface area contributed by atoms with E-state index in [4.69, 9.17) is 0 Å². The molecule has 0 spiro atoms. The van der Waals surface area contributed by atoms with Crippen LogP contribution in [0.3, 0.4) is 0 Å². The summed E-state index contributed by atoms with van der Waals surface area (Å²) in [5.41, 5.74) is 38.4. The Morgan fingerprint density at radius 1 is 0.0933 bits per heavy atom. The molecular weight excluding hydrogens is 1800 g/mol. The summed E-state index contributed by atoms with van der Waals surface area (Å²) in [4.78, 5) is 0. The normalized spacial score (nSPS) is 12.2. The maximum absolute atomic E-state index is 2.51. The Morgan fingerprint density at radius 3 is 0.333 bits per heavy atom. The zero-order valence-electron chi connectivity index (χ0n) is 90.0. The number of hydrogen-bond donors (Lipinski definition) is 0. The van der Waals surface area contributed by atoms with Crippen molar-refractivity contribution in [1.82, 2.24) is 0 Å². The second-order valence-corrected chi connectivity index (χ2v) is 47.2. The highest BCUT2D eigenvalue weighted by atomic mass is 14.4. The molecule has 732 valence electrons. The molecule has 0 aliphatic rings. The third kappa shape index (κ3) is 18.4. The zero-order chi connectivity index (χ0) is 104. The highest BCUT2D eigenvalue weighted by Crippen LogP contribution is 2.60. The molecule has 0 N–H and O–H groups in total. The van der Waals surface area contributed by atoms with E-state index in [0.29, 0.717) is 0 Å². The third-order valence-corrected chi connectivity index (χ3v) is 31.1. The fraction of sp³-hybridized carbons (Fsp3) is 0.160. The van der Waals surface area contributed by atoms with Gasteiger partial charge in [-0.3, -0.25) is 0 Å². The van der Waals surface area contributed by atoms with Gasteiger partial charge in [0.15, 0.2) is 0 Å². The van der Waals surface area contributed by atoms with Gasteiger partial charge in [0.05, 0.1) is 0 Å². The van der Waals surface area contributed by atoms with E-state index in [1.165, 1.54) is 264 Å². The largest absolute Gasteiger partial charge is 0.0622 e. The lowest BCUT2D eigenvalue weighted by atomic mass is 9.75. The Hall–Kier alpha value is -16.4. The van der Waals surface area contributed by atoms with Crippen molar-refractivity contribution in [3.8, 4) is 134 Å². The molecule has 24 aromatic rings. The van der Waals surface area contributed by atoms with E-state index in [1.54, 1.807) is 0 Å². The van der Waals surface area contributed by atoms with Gasteiger partial charge in [0.25, 0.3) is 0 Å². The maximum Gasteiger partial charge on any atom is -0.000139 e. The van der Waals surface area contributed by atoms with Crippen molar-refractivity contribution in [2.24, 2.45) is 0 Å². The topological polar surface area (TPSA) is 0 Å². The highest BCUT2D eigenvalue weighted by Gasteiger charge is 2.34. The zero-order valence-corrected chi connectivity index (χ0v) is 90.0. The van der Waals surface area contributed by atoms with Crippen LogP contribution in [0.4, 0.5) is 0 Å². The van der Waals surface area contributed by atoms with E-state index in [2.05, 4.69) is 598 Å². The molecule has 0 unspecified atom stereocenters. The molecule has 0 heteroatoms. The van der Waals surface area contributed by atoms with Crippen molar-refractivity contribution >= 4 is 97.0 Å². The second-order valence-electron chi connectivity index (χ2n) is 47.2. The monoisotopic (exact) mass is 1930 g/mol. The minimum absolute atomic E-state index is 0.0286. The molecule has 24 rings (SSSR count). The van der Waals surface area contributed by atoms with Crippen LogP contribution in [-0.4, -0.2) is 0 Å². The van der Waals surface area contributed by atoms with E-state index < -0.39 is 0 Å². The van der Waals surface area contributed by atoms with Crippen LogP contribution in [0.1, 0.15) is 158 Å². The van der Waals surface area contributed by atoms with E-state index in [1.807, 2.05) is 0 Å². The first-order chi connectivity index (χ1) is 72.3. The fourth-order valence-corrected chi connectivity index (χ4v) is 23.4. The molecule has 24 aromatic carbocycles. The van der Waals surface area contributed by atoms with Crippen LogP contribution in [0.15, 0.2) is 473 Å². The Balaban J connectivity index is 0.000000129. The van der Waals surface area contributed by atoms with Crippen LogP contribution in [0, 0.1) is 0 Å². The molecule has 0 aliphatic heterocycles. The van der Waals surface area contributed by atoms with E-state index in [-0.39, 0.29) is 32.5 Å². The Morgan fingerprint density at radius 2 is 0.200 bits per heavy atom. The van der Waals surface area contributed by atoms with Crippen molar-refractivity contribution < 1.29 is 0 Å². The quantitative estimate of drug-likeness (QED) is 0.107. The Kier molecular flexibility index (Phi) is 25.8. The molecule has 0 bridgehead atoms. The lowest BCUT2D eigenvalue weighted by molar-refractivity contribution is 0.590. The van der Waals surface area contributed by atoms with Crippen LogP contribution < -0.4 is 0 Å². The number of benzene rings is 24. The molecule has 0 fully saturated rings. The fourth-order valence-electron chi connectivity index (χ4n) is 23.4. The van der Waals surface area contributed by atoms with Gasteiger partial charge in [0, 0.05) is 0 Å². The summed E-state index contributed by atoms with van der Waals surface area (Å²) in [5.74, 6) is 0. The van der Waals surface area contributed by atoms with Gasteiger partial charge in [-0.15, -0.1) is 0 Å². The van der Waals surface area contributed by atoms with Gasteiger partial charge in [-0.05, 0) is 308 Å². The molecule has 0 atom stereocenters. The third-order valence-electron chi connectivity index (χ3n) is 31.1. The minimum Gasteiger partial charge on any atom is -0.0622 e. The average Bonchev–Trinajstić information content (AvgIpc) is 0.701. The summed E-state index contributed by atoms with van der Waals surface area (Å²) in [5, 5.41) is 23.1. The standard InChI is InChI=1S/C58H60.C50H44.C42H28/c1-55(2,3)41-27-23-39(24-28-41)49-45-33-31-43(57(7,8)9)35-47(45)52(38-21-17-14-18-22-38)54-50(40-25-29-42(30-26-40)56(4,5)6)46-34-32-44(58(10,11)12)36-48(46)51(53(49)54)37-19-15-13-16-20-37;1-49(2,3)37-29-25-35(26-30-37)45-41-23-15-13-21-39(41)44(34-19-11-8-12-20-34)48-46(36-27-31-38(32-28-36)50(4,5)6)42-24-16-14-22-40(42)43(47(45)48)33-17-9-7-10-18-33;1-5-17-29(18-6-1)37-33-25-13-14-26-34(33)39(31-21-9-3-10-22-31)42-40(32-23-11-4-12-24-32)36-28-16-15-27-35(36)38(41(37)42)30-19-7-2-8-20-30/h13-36H,1-12H3;7-32H,1-6H3;1-28H. The summed E-state index contributed by atoms with van der Waals surface area (Å²) in [7, 11) is 0. The molecule has 0 nitrogen and oxygen atoms in total. The predicted octanol–water partition coefficient (Wildman–Crippen LogP) is 43.2. The summed E-state index contributed by atoms with van der Waals surface area (Å²) in [6.07, 6.45) is 0. The van der Waals surface area contributed by atoms with Crippen LogP contribution >= 0.6 is 0 Å². The van der Waals surface area contributed by atoms with Crippen LogP contribution in [0.25, 0.3) is 230 Å². The summed E-state index contributed by atoms with van der Waals surface area (Å²) < 4.78 is 0. The van der Waals surface area contributed by atoms with Crippen molar-refractivity contribution in [1.29, 1.82) is 0 Å². The minimum atomic E-state index is -0.0286. The summed E-state index contributed by atoms with van der Waals surface area (Å²) in [6.45, 7) is 41.6. The van der Waals surface area contributed by atoms with Gasteiger partial charge in [-0.25, -0.2) is 0 Å². The van der Waals surface area contributed by atoms with Crippen LogP contribution in [0.2, 0.25) is 0 Å². The Labute approximate surface area is 887 Å². The average molecular weight is 1930 g/mol. The lowest BCUT2D eigenvalue weighted by Crippen LogP contribution is -2.11. The molecule has 0 amide bonds. The number of fused-ring (bicyclic) bond motifs is 9. The van der Waals surface area contributed by atoms with Crippen molar-refractivity contribution in [3.63, 3.8) is 0 Å². The second kappa shape index (κ2) is 39.4. The molecule has 150 heavy (non-hydrogen) atoms.